The summed E-state index contributed by atoms with van der Waals surface area (Å²) in [7, 11) is 0. The van der Waals surface area contributed by atoms with E-state index in [1.807, 2.05) is 66.8 Å². The molecule has 0 spiro atoms. The first-order valence-electron chi connectivity index (χ1n) is 11.4. The van der Waals surface area contributed by atoms with Crippen molar-refractivity contribution in [3.8, 4) is 0 Å². The van der Waals surface area contributed by atoms with E-state index in [1.165, 1.54) is 0 Å². The first kappa shape index (κ1) is 23.4. The minimum atomic E-state index is -1.21. The number of fused-ring (bicyclic) bond motifs is 2. The number of para-hydroxylation sites is 4. The van der Waals surface area contributed by atoms with Gasteiger partial charge in [-0.25, -0.2) is 18.3 Å². The van der Waals surface area contributed by atoms with Gasteiger partial charge in [-0.15, -0.1) is 0 Å². The molecule has 4 rings (SSSR count). The summed E-state index contributed by atoms with van der Waals surface area (Å²) in [6.07, 6.45) is 4.74. The van der Waals surface area contributed by atoms with Crippen molar-refractivity contribution in [3.63, 3.8) is 0 Å². The van der Waals surface area contributed by atoms with E-state index >= 15 is 0 Å². The molecule has 34 heavy (non-hydrogen) atoms. The molecule has 6 heteroatoms. The Morgan fingerprint density at radius 2 is 1.03 bits per heavy atom. The van der Waals surface area contributed by atoms with Crippen molar-refractivity contribution in [3.05, 3.63) is 111 Å². The molecule has 2 aromatic heterocycles. The summed E-state index contributed by atoms with van der Waals surface area (Å²) in [5.74, 6) is 1.18. The zero-order valence-corrected chi connectivity index (χ0v) is 19.4. The lowest BCUT2D eigenvalue weighted by molar-refractivity contribution is -0.682. The van der Waals surface area contributed by atoms with E-state index in [0.717, 1.165) is 22.1 Å². The smallest absolute Gasteiger partial charge is 0.290 e. The van der Waals surface area contributed by atoms with Crippen molar-refractivity contribution < 1.29 is 19.3 Å². The van der Waals surface area contributed by atoms with E-state index in [1.54, 1.807) is 24.3 Å². The van der Waals surface area contributed by atoms with Gasteiger partial charge in [0.25, 0.3) is 11.6 Å². The summed E-state index contributed by atoms with van der Waals surface area (Å²) >= 11 is 0. The second-order valence-corrected chi connectivity index (χ2v) is 8.18. The monoisotopic (exact) mass is 456 g/mol. The maximum absolute atomic E-state index is 11.7. The Hall–Kier alpha value is -3.74. The van der Waals surface area contributed by atoms with Gasteiger partial charge < -0.3 is 10.2 Å². The summed E-state index contributed by atoms with van der Waals surface area (Å²) in [6, 6.07) is 15.9. The topological polar surface area (TPSA) is 58.1 Å². The van der Waals surface area contributed by atoms with Gasteiger partial charge in [0.2, 0.25) is 0 Å². The molecule has 0 bridgehead atoms. The van der Waals surface area contributed by atoms with E-state index in [-0.39, 0.29) is 0 Å². The molecule has 0 aliphatic carbocycles. The summed E-state index contributed by atoms with van der Waals surface area (Å²) < 4.78 is 7.99. The third kappa shape index (κ3) is 3.81. The minimum absolute atomic E-state index is 0.492. The number of hydrogen-bond donors (Lipinski definition) is 2. The number of aromatic nitrogens is 4. The fourth-order valence-electron chi connectivity index (χ4n) is 4.83. The standard InChI is InChI=1S/C28H32N4O2/c1-5-17-29-21-13-9-10-14-22(21)30(18-6-2)27(29)25(33)26(34)28-31(19-7-3)23-15-11-12-16-24(23)32(28)20-8-4/h5-16,25-26,33-34H,1-4,17-20H2/q+2/t25-,26-/m0/s1. The molecular formula is C28H32N4O2+2. The lowest BCUT2D eigenvalue weighted by atomic mass is 10.1. The van der Waals surface area contributed by atoms with Crippen LogP contribution in [-0.2, 0) is 26.2 Å². The van der Waals surface area contributed by atoms with Crippen LogP contribution in [0.15, 0.2) is 99.2 Å². The van der Waals surface area contributed by atoms with Crippen LogP contribution in [0.4, 0.5) is 0 Å². The average molecular weight is 457 g/mol. The molecule has 2 atom stereocenters. The van der Waals surface area contributed by atoms with Crippen molar-refractivity contribution >= 4 is 22.1 Å². The van der Waals surface area contributed by atoms with Gasteiger partial charge in [0, 0.05) is 0 Å². The number of aliphatic hydroxyl groups is 2. The Kier molecular flexibility index (Phi) is 6.91. The molecule has 0 aliphatic rings. The molecule has 174 valence electrons. The summed E-state index contributed by atoms with van der Waals surface area (Å²) in [5, 5.41) is 23.5. The van der Waals surface area contributed by atoms with Crippen LogP contribution in [0.1, 0.15) is 23.9 Å². The van der Waals surface area contributed by atoms with Gasteiger partial charge in [0.1, 0.15) is 26.2 Å². The highest BCUT2D eigenvalue weighted by molar-refractivity contribution is 5.73. The predicted octanol–water partition coefficient (Wildman–Crippen LogP) is 3.68. The van der Waals surface area contributed by atoms with E-state index < -0.39 is 12.2 Å². The Labute approximate surface area is 199 Å². The summed E-state index contributed by atoms with van der Waals surface area (Å²) in [5.41, 5.74) is 3.82. The number of hydrogen-bond acceptors (Lipinski definition) is 2. The van der Waals surface area contributed by atoms with Crippen LogP contribution in [0.3, 0.4) is 0 Å². The van der Waals surface area contributed by atoms with Crippen LogP contribution >= 0.6 is 0 Å². The maximum atomic E-state index is 11.7. The predicted molar refractivity (Wildman–Crippen MR) is 135 cm³/mol. The molecule has 4 aromatic rings. The van der Waals surface area contributed by atoms with E-state index in [4.69, 9.17) is 0 Å². The van der Waals surface area contributed by atoms with Crippen LogP contribution in [0.25, 0.3) is 22.1 Å². The number of rotatable bonds is 11. The summed E-state index contributed by atoms with van der Waals surface area (Å²) in [4.78, 5) is 0. The molecular weight excluding hydrogens is 424 g/mol. The number of benzene rings is 2. The lowest BCUT2D eigenvalue weighted by Gasteiger charge is -2.16. The highest BCUT2D eigenvalue weighted by Gasteiger charge is 2.41. The highest BCUT2D eigenvalue weighted by Crippen LogP contribution is 2.31. The molecule has 2 N–H and O–H groups in total. The van der Waals surface area contributed by atoms with Crippen LogP contribution in [0.5, 0.6) is 0 Å². The third-order valence-corrected chi connectivity index (χ3v) is 6.11. The van der Waals surface area contributed by atoms with Crippen molar-refractivity contribution in [2.45, 2.75) is 38.4 Å². The Bertz CT molecular complexity index is 1180. The lowest BCUT2D eigenvalue weighted by Crippen LogP contribution is -2.44. The number of nitrogens with zero attached hydrogens (tertiary/aromatic N) is 4. The highest BCUT2D eigenvalue weighted by atomic mass is 16.3. The molecule has 0 unspecified atom stereocenters. The molecule has 0 saturated carbocycles. The zero-order chi connectivity index (χ0) is 24.2. The number of allylic oxidation sites excluding steroid dienone is 4. The SMILES string of the molecule is C=CCn1c([C@@H](O)[C@H](O)c2n(CC=C)c3ccccc3[n+]2CC=C)[n+](CC=C)c2ccccc21. The molecule has 6 nitrogen and oxygen atoms in total. The first-order chi connectivity index (χ1) is 16.6. The van der Waals surface area contributed by atoms with Gasteiger partial charge in [-0.05, 0) is 24.3 Å². The van der Waals surface area contributed by atoms with Crippen molar-refractivity contribution in [1.29, 1.82) is 0 Å². The van der Waals surface area contributed by atoms with E-state index in [2.05, 4.69) is 26.3 Å². The van der Waals surface area contributed by atoms with Crippen LogP contribution in [-0.4, -0.2) is 19.3 Å². The van der Waals surface area contributed by atoms with Crippen LogP contribution < -0.4 is 9.13 Å². The fraction of sp³-hybridized carbons (Fsp3) is 0.214. The molecule has 0 fully saturated rings. The molecule has 0 aliphatic heterocycles. The number of aliphatic hydroxyl groups excluding tert-OH is 2. The molecule has 2 aromatic carbocycles. The van der Waals surface area contributed by atoms with Crippen LogP contribution in [0, 0.1) is 0 Å². The largest absolute Gasteiger partial charge is 0.378 e. The Balaban J connectivity index is 1.97. The van der Waals surface area contributed by atoms with Gasteiger partial charge in [-0.3, -0.25) is 0 Å². The van der Waals surface area contributed by atoms with E-state index in [9.17, 15) is 10.2 Å². The van der Waals surface area contributed by atoms with Crippen LogP contribution in [0.2, 0.25) is 0 Å². The zero-order valence-electron chi connectivity index (χ0n) is 19.4. The van der Waals surface area contributed by atoms with Gasteiger partial charge in [-0.1, -0.05) is 74.9 Å². The molecule has 0 radical (unpaired) electrons. The van der Waals surface area contributed by atoms with Gasteiger partial charge in [0.05, 0.1) is 0 Å². The van der Waals surface area contributed by atoms with Gasteiger partial charge in [0.15, 0.2) is 34.3 Å². The third-order valence-electron chi connectivity index (χ3n) is 6.11. The van der Waals surface area contributed by atoms with Gasteiger partial charge >= 0.3 is 0 Å². The summed E-state index contributed by atoms with van der Waals surface area (Å²) in [6.45, 7) is 17.6. The molecule has 2 heterocycles. The fourth-order valence-corrected chi connectivity index (χ4v) is 4.83. The molecule has 0 amide bonds. The Morgan fingerprint density at radius 3 is 1.38 bits per heavy atom. The van der Waals surface area contributed by atoms with Crippen molar-refractivity contribution in [1.82, 2.24) is 9.13 Å². The van der Waals surface area contributed by atoms with Gasteiger partial charge in [-0.2, -0.15) is 0 Å². The number of imidazole rings is 2. The average Bonchev–Trinajstić information content (AvgIpc) is 3.32. The minimum Gasteiger partial charge on any atom is -0.378 e. The van der Waals surface area contributed by atoms with Crippen molar-refractivity contribution in [2.75, 3.05) is 0 Å². The second kappa shape index (κ2) is 10.0. The quantitative estimate of drug-likeness (QED) is 0.267. The maximum Gasteiger partial charge on any atom is 0.290 e. The normalized spacial score (nSPS) is 13.1. The molecule has 0 saturated heterocycles. The first-order valence-corrected chi connectivity index (χ1v) is 11.4. The second-order valence-electron chi connectivity index (χ2n) is 8.18. The Morgan fingerprint density at radius 1 is 0.647 bits per heavy atom. The van der Waals surface area contributed by atoms with Crippen molar-refractivity contribution in [2.24, 2.45) is 0 Å². The van der Waals surface area contributed by atoms with E-state index in [0.29, 0.717) is 37.8 Å².